The monoisotopic (exact) mass is 532 g/mol. The third-order valence-corrected chi connectivity index (χ3v) is 7.76. The molecule has 172 valence electrons. The van der Waals surface area contributed by atoms with Gasteiger partial charge in [-0.05, 0) is 45.6 Å². The molecule has 3 aliphatic heterocycles. The first-order valence-corrected chi connectivity index (χ1v) is 11.8. The zero-order valence-electron chi connectivity index (χ0n) is 18.8. The van der Waals surface area contributed by atoms with E-state index in [1.165, 1.54) is 38.5 Å². The van der Waals surface area contributed by atoms with E-state index in [-0.39, 0.29) is 24.0 Å². The molecule has 30 heavy (non-hydrogen) atoms. The van der Waals surface area contributed by atoms with Gasteiger partial charge in [0.1, 0.15) is 0 Å². The summed E-state index contributed by atoms with van der Waals surface area (Å²) in [7, 11) is 4.17. The molecule has 2 atom stereocenters. The standard InChI is InChI=1S/C22H40N6O.HI/c1-23-22(25-18-15-19-7-4-8-20(16-18)26(19)2)24-9-10-27-11-13-28(14-12-27)21(29)17-5-3-6-17;/h17-20H,3-16H2,1-2H3,(H2,23,24,25);1H. The molecule has 3 saturated heterocycles. The van der Waals surface area contributed by atoms with Crippen LogP contribution in [0.3, 0.4) is 0 Å². The molecular weight excluding hydrogens is 491 g/mol. The van der Waals surface area contributed by atoms with Crippen molar-refractivity contribution in [3.05, 3.63) is 0 Å². The zero-order chi connectivity index (χ0) is 20.2. The van der Waals surface area contributed by atoms with Gasteiger partial charge in [-0.1, -0.05) is 12.8 Å². The summed E-state index contributed by atoms with van der Waals surface area (Å²) >= 11 is 0. The number of nitrogens with zero attached hydrogens (tertiary/aromatic N) is 4. The fourth-order valence-electron chi connectivity index (χ4n) is 5.56. The second-order valence-corrected chi connectivity index (χ2v) is 9.51. The van der Waals surface area contributed by atoms with Crippen molar-refractivity contribution in [2.24, 2.45) is 10.9 Å². The van der Waals surface area contributed by atoms with Crippen molar-refractivity contribution in [3.63, 3.8) is 0 Å². The molecule has 4 rings (SSSR count). The lowest BCUT2D eigenvalue weighted by atomic mass is 9.82. The summed E-state index contributed by atoms with van der Waals surface area (Å²) in [5.74, 6) is 1.68. The van der Waals surface area contributed by atoms with Crippen LogP contribution >= 0.6 is 24.0 Å². The first kappa shape index (κ1) is 24.0. The number of fused-ring (bicyclic) bond motifs is 2. The summed E-state index contributed by atoms with van der Waals surface area (Å²) in [4.78, 5) is 24.0. The van der Waals surface area contributed by atoms with Gasteiger partial charge in [0, 0.05) is 70.4 Å². The first-order valence-electron chi connectivity index (χ1n) is 11.8. The minimum Gasteiger partial charge on any atom is -0.355 e. The Morgan fingerprint density at radius 1 is 1.00 bits per heavy atom. The predicted molar refractivity (Wildman–Crippen MR) is 132 cm³/mol. The van der Waals surface area contributed by atoms with Crippen LogP contribution in [-0.2, 0) is 4.79 Å². The Hall–Kier alpha value is -0.610. The maximum Gasteiger partial charge on any atom is 0.225 e. The normalized spacial score (nSPS) is 30.9. The summed E-state index contributed by atoms with van der Waals surface area (Å²) in [6.45, 7) is 5.66. The van der Waals surface area contributed by atoms with Crippen LogP contribution in [0.1, 0.15) is 51.4 Å². The summed E-state index contributed by atoms with van der Waals surface area (Å²) in [5, 5.41) is 7.20. The molecule has 1 amide bonds. The van der Waals surface area contributed by atoms with Crippen LogP contribution in [-0.4, -0.2) is 98.1 Å². The number of carbonyl (C=O) groups is 1. The van der Waals surface area contributed by atoms with Gasteiger partial charge in [-0.15, -0.1) is 24.0 Å². The molecule has 4 fully saturated rings. The van der Waals surface area contributed by atoms with E-state index in [0.717, 1.165) is 70.2 Å². The summed E-state index contributed by atoms with van der Waals surface area (Å²) in [5.41, 5.74) is 0. The fraction of sp³-hybridized carbons (Fsp3) is 0.909. The van der Waals surface area contributed by atoms with Crippen molar-refractivity contribution >= 4 is 35.8 Å². The summed E-state index contributed by atoms with van der Waals surface area (Å²) in [6, 6.07) is 2.00. The number of aliphatic imine (C=N–C) groups is 1. The van der Waals surface area contributed by atoms with Gasteiger partial charge < -0.3 is 20.4 Å². The van der Waals surface area contributed by atoms with Crippen molar-refractivity contribution < 1.29 is 4.79 Å². The van der Waals surface area contributed by atoms with Crippen LogP contribution < -0.4 is 10.6 Å². The highest BCUT2D eigenvalue weighted by molar-refractivity contribution is 14.0. The topological polar surface area (TPSA) is 63.2 Å². The third kappa shape index (κ3) is 5.79. The Labute approximate surface area is 199 Å². The van der Waals surface area contributed by atoms with Crippen molar-refractivity contribution in [1.82, 2.24) is 25.3 Å². The van der Waals surface area contributed by atoms with Gasteiger partial charge in [-0.25, -0.2) is 0 Å². The zero-order valence-corrected chi connectivity index (χ0v) is 21.1. The van der Waals surface area contributed by atoms with Gasteiger partial charge in [-0.2, -0.15) is 0 Å². The largest absolute Gasteiger partial charge is 0.355 e. The second-order valence-electron chi connectivity index (χ2n) is 9.51. The Kier molecular flexibility index (Phi) is 9.07. The molecule has 1 aliphatic carbocycles. The van der Waals surface area contributed by atoms with Gasteiger partial charge >= 0.3 is 0 Å². The van der Waals surface area contributed by atoms with Crippen LogP contribution in [0.4, 0.5) is 0 Å². The van der Waals surface area contributed by atoms with E-state index in [2.05, 4.69) is 37.4 Å². The number of guanidine groups is 1. The van der Waals surface area contributed by atoms with Crippen molar-refractivity contribution in [1.29, 1.82) is 0 Å². The van der Waals surface area contributed by atoms with E-state index >= 15 is 0 Å². The minimum absolute atomic E-state index is 0. The number of rotatable bonds is 5. The van der Waals surface area contributed by atoms with Crippen LogP contribution in [0.2, 0.25) is 0 Å². The Bertz CT molecular complexity index is 576. The van der Waals surface area contributed by atoms with E-state index in [4.69, 9.17) is 0 Å². The number of halogens is 1. The first-order chi connectivity index (χ1) is 14.1. The van der Waals surface area contributed by atoms with Crippen LogP contribution in [0, 0.1) is 5.92 Å². The molecule has 2 unspecified atom stereocenters. The Morgan fingerprint density at radius 2 is 1.63 bits per heavy atom. The molecule has 0 aromatic heterocycles. The van der Waals surface area contributed by atoms with E-state index in [1.54, 1.807) is 0 Å². The lowest BCUT2D eigenvalue weighted by Gasteiger charge is -2.47. The number of nitrogens with one attached hydrogen (secondary N) is 2. The van der Waals surface area contributed by atoms with E-state index in [1.807, 2.05) is 7.05 Å². The average molecular weight is 533 g/mol. The van der Waals surface area contributed by atoms with E-state index < -0.39 is 0 Å². The van der Waals surface area contributed by atoms with Crippen LogP contribution in [0.25, 0.3) is 0 Å². The van der Waals surface area contributed by atoms with Crippen molar-refractivity contribution in [3.8, 4) is 0 Å². The van der Waals surface area contributed by atoms with Gasteiger partial charge in [-0.3, -0.25) is 14.7 Å². The highest BCUT2D eigenvalue weighted by Crippen LogP contribution is 2.32. The highest BCUT2D eigenvalue weighted by atomic mass is 127. The predicted octanol–water partition coefficient (Wildman–Crippen LogP) is 1.73. The molecular formula is C22H41IN6O. The van der Waals surface area contributed by atoms with E-state index in [9.17, 15) is 4.79 Å². The molecule has 0 spiro atoms. The van der Waals surface area contributed by atoms with Gasteiger partial charge in [0.2, 0.25) is 5.91 Å². The highest BCUT2D eigenvalue weighted by Gasteiger charge is 2.36. The summed E-state index contributed by atoms with van der Waals surface area (Å²) in [6.07, 6.45) is 9.96. The molecule has 2 N–H and O–H groups in total. The lowest BCUT2D eigenvalue weighted by Crippen LogP contribution is -2.57. The Balaban J connectivity index is 0.00000256. The van der Waals surface area contributed by atoms with Crippen LogP contribution in [0.15, 0.2) is 4.99 Å². The fourth-order valence-corrected chi connectivity index (χ4v) is 5.56. The number of hydrogen-bond donors (Lipinski definition) is 2. The SMILES string of the molecule is CN=C(NCCN1CCN(C(=O)C2CCC2)CC1)NC1CC2CCCC(C1)N2C.I. The second kappa shape index (κ2) is 11.3. The minimum atomic E-state index is 0. The van der Waals surface area contributed by atoms with Gasteiger partial charge in [0.15, 0.2) is 5.96 Å². The number of carbonyl (C=O) groups excluding carboxylic acids is 1. The smallest absolute Gasteiger partial charge is 0.225 e. The van der Waals surface area contributed by atoms with Crippen molar-refractivity contribution in [2.45, 2.75) is 69.5 Å². The number of piperidine rings is 2. The van der Waals surface area contributed by atoms with Crippen LogP contribution in [0.5, 0.6) is 0 Å². The maximum absolute atomic E-state index is 12.4. The molecule has 7 nitrogen and oxygen atoms in total. The molecule has 2 bridgehead atoms. The quantitative estimate of drug-likeness (QED) is 0.321. The van der Waals surface area contributed by atoms with E-state index in [0.29, 0.717) is 17.9 Å². The lowest BCUT2D eigenvalue weighted by molar-refractivity contribution is -0.139. The van der Waals surface area contributed by atoms with Crippen molar-refractivity contribution in [2.75, 3.05) is 53.4 Å². The number of amides is 1. The third-order valence-electron chi connectivity index (χ3n) is 7.76. The summed E-state index contributed by atoms with van der Waals surface area (Å²) < 4.78 is 0. The molecule has 0 radical (unpaired) electrons. The molecule has 0 aromatic rings. The van der Waals surface area contributed by atoms with Gasteiger partial charge in [0.25, 0.3) is 0 Å². The van der Waals surface area contributed by atoms with Gasteiger partial charge in [0.05, 0.1) is 0 Å². The average Bonchev–Trinajstić information content (AvgIpc) is 2.67. The molecule has 4 aliphatic rings. The molecule has 3 heterocycles. The number of piperazine rings is 1. The maximum atomic E-state index is 12.4. The molecule has 0 aromatic carbocycles. The number of hydrogen-bond acceptors (Lipinski definition) is 4. The molecule has 8 heteroatoms. The molecule has 1 saturated carbocycles. The Morgan fingerprint density at radius 3 is 2.20 bits per heavy atom.